The average Bonchev–Trinajstić information content (AvgIpc) is 3.11. The average molecular weight is 272 g/mol. The van der Waals surface area contributed by atoms with Gasteiger partial charge in [0.05, 0.1) is 11.1 Å². The molecule has 96 valence electrons. The van der Waals surface area contributed by atoms with Crippen LogP contribution in [0.4, 0.5) is 13.2 Å². The van der Waals surface area contributed by atoms with Crippen LogP contribution in [-0.2, 0) is 6.18 Å². The summed E-state index contributed by atoms with van der Waals surface area (Å²) in [6, 6.07) is 2.68. The Morgan fingerprint density at radius 1 is 1.50 bits per heavy atom. The lowest BCUT2D eigenvalue weighted by atomic mass is 10.1. The molecule has 2 nitrogen and oxygen atoms in total. The minimum atomic E-state index is -4.50. The quantitative estimate of drug-likeness (QED) is 0.781. The van der Waals surface area contributed by atoms with Crippen molar-refractivity contribution in [2.45, 2.75) is 36.9 Å². The third kappa shape index (κ3) is 2.61. The normalized spacial score (nSPS) is 15.5. The van der Waals surface area contributed by atoms with E-state index in [9.17, 15) is 13.2 Å². The Labute approximate surface area is 107 Å². The third-order valence-corrected chi connectivity index (χ3v) is 3.56. The first-order chi connectivity index (χ1) is 8.47. The lowest BCUT2D eigenvalue weighted by molar-refractivity contribution is -0.138. The van der Waals surface area contributed by atoms with Crippen molar-refractivity contribution in [3.63, 3.8) is 0 Å². The van der Waals surface area contributed by atoms with Gasteiger partial charge in [0.25, 0.3) is 0 Å². The summed E-state index contributed by atoms with van der Waals surface area (Å²) in [5.41, 5.74) is -0.728. The summed E-state index contributed by atoms with van der Waals surface area (Å²) < 4.78 is 38.8. The smallest absolute Gasteiger partial charge is 0.245 e. The molecule has 0 aromatic carbocycles. The molecule has 0 radical (unpaired) electrons. The third-order valence-electron chi connectivity index (χ3n) is 2.70. The molecule has 0 atom stereocenters. The largest absolute Gasteiger partial charge is 0.417 e. The topological polar surface area (TPSA) is 36.7 Å². The van der Waals surface area contributed by atoms with E-state index in [1.54, 1.807) is 6.07 Å². The van der Waals surface area contributed by atoms with E-state index >= 15 is 0 Å². The van der Waals surface area contributed by atoms with E-state index in [0.717, 1.165) is 18.9 Å². The van der Waals surface area contributed by atoms with Crippen molar-refractivity contribution in [1.82, 2.24) is 4.98 Å². The summed E-state index contributed by atoms with van der Waals surface area (Å²) in [6.07, 6.45) is -2.74. The zero-order valence-electron chi connectivity index (χ0n) is 9.71. The fraction of sp³-hybridized carbons (Fsp3) is 0.500. The lowest BCUT2D eigenvalue weighted by Crippen LogP contribution is -2.11. The Hall–Kier alpha value is -1.22. The molecule has 0 unspecified atom stereocenters. The van der Waals surface area contributed by atoms with Gasteiger partial charge in [-0.1, -0.05) is 6.92 Å². The highest BCUT2D eigenvalue weighted by molar-refractivity contribution is 7.99. The summed E-state index contributed by atoms with van der Waals surface area (Å²) in [5, 5.41) is 9.14. The first kappa shape index (κ1) is 13.2. The summed E-state index contributed by atoms with van der Waals surface area (Å²) in [7, 11) is 0. The molecule has 0 bridgehead atoms. The van der Waals surface area contributed by atoms with E-state index in [1.807, 2.05) is 6.92 Å². The summed E-state index contributed by atoms with van der Waals surface area (Å²) in [6.45, 7) is 1.82. The van der Waals surface area contributed by atoms with Gasteiger partial charge < -0.3 is 0 Å². The molecule has 1 aromatic rings. The second kappa shape index (κ2) is 4.81. The van der Waals surface area contributed by atoms with Gasteiger partial charge in [0, 0.05) is 11.6 Å². The minimum Gasteiger partial charge on any atom is -0.245 e. The van der Waals surface area contributed by atoms with Crippen molar-refractivity contribution in [3.05, 3.63) is 22.9 Å². The fourth-order valence-electron chi connectivity index (χ4n) is 1.70. The van der Waals surface area contributed by atoms with Crippen LogP contribution in [0.1, 0.15) is 42.5 Å². The van der Waals surface area contributed by atoms with Gasteiger partial charge in [0.2, 0.25) is 0 Å². The van der Waals surface area contributed by atoms with Crippen LogP contribution in [-0.4, -0.2) is 10.7 Å². The summed E-state index contributed by atoms with van der Waals surface area (Å²) in [5.74, 6) is 0.725. The van der Waals surface area contributed by atoms with Crippen LogP contribution in [0.5, 0.6) is 0 Å². The van der Waals surface area contributed by atoms with Crippen molar-refractivity contribution in [3.8, 4) is 6.07 Å². The first-order valence-corrected chi connectivity index (χ1v) is 6.61. The molecule has 1 aliphatic carbocycles. The number of nitrogens with zero attached hydrogens (tertiary/aromatic N) is 2. The molecule has 1 heterocycles. The monoisotopic (exact) mass is 272 g/mol. The maximum absolute atomic E-state index is 12.9. The molecule has 6 heteroatoms. The molecule has 1 fully saturated rings. The highest BCUT2D eigenvalue weighted by Gasteiger charge is 2.37. The molecule has 1 aliphatic rings. The molecule has 0 aliphatic heterocycles. The Kier molecular flexibility index (Phi) is 3.53. The first-order valence-electron chi connectivity index (χ1n) is 5.62. The number of nitriles is 1. The number of alkyl halides is 3. The molecule has 18 heavy (non-hydrogen) atoms. The van der Waals surface area contributed by atoms with E-state index in [4.69, 9.17) is 5.26 Å². The predicted octanol–water partition coefficient (Wildman–Crippen LogP) is 3.96. The van der Waals surface area contributed by atoms with Crippen molar-refractivity contribution < 1.29 is 13.2 Å². The molecule has 0 spiro atoms. The number of pyridine rings is 1. The second-order valence-corrected chi connectivity index (χ2v) is 5.34. The van der Waals surface area contributed by atoms with Gasteiger partial charge in [-0.25, -0.2) is 4.98 Å². The molecular formula is C12H11F3N2S. The van der Waals surface area contributed by atoms with Crippen molar-refractivity contribution in [1.29, 1.82) is 5.26 Å². The molecule has 0 amide bonds. The predicted molar refractivity (Wildman–Crippen MR) is 62.3 cm³/mol. The van der Waals surface area contributed by atoms with Crippen LogP contribution in [0.2, 0.25) is 0 Å². The van der Waals surface area contributed by atoms with Gasteiger partial charge in [0.15, 0.2) is 0 Å². The Balaban J connectivity index is 2.58. The minimum absolute atomic E-state index is 0.134. The van der Waals surface area contributed by atoms with Gasteiger partial charge in [-0.15, -0.1) is 11.8 Å². The van der Waals surface area contributed by atoms with E-state index in [2.05, 4.69) is 4.98 Å². The molecule has 1 saturated carbocycles. The second-order valence-electron chi connectivity index (χ2n) is 4.09. The lowest BCUT2D eigenvalue weighted by Gasteiger charge is -2.13. The maximum Gasteiger partial charge on any atom is 0.417 e. The van der Waals surface area contributed by atoms with Crippen molar-refractivity contribution in [2.75, 3.05) is 5.75 Å². The Morgan fingerprint density at radius 3 is 2.61 bits per heavy atom. The highest BCUT2D eigenvalue weighted by Crippen LogP contribution is 2.43. The van der Waals surface area contributed by atoms with Crippen molar-refractivity contribution >= 4 is 11.8 Å². The van der Waals surface area contributed by atoms with Gasteiger partial charge in [-0.3, -0.25) is 0 Å². The van der Waals surface area contributed by atoms with Crippen LogP contribution in [0, 0.1) is 11.3 Å². The maximum atomic E-state index is 12.9. The van der Waals surface area contributed by atoms with Gasteiger partial charge in [-0.05, 0) is 24.7 Å². The SMILES string of the molecule is CCSc1nc(C2CC2)cc(C(F)(F)F)c1C#N. The molecule has 1 aromatic heterocycles. The van der Waals surface area contributed by atoms with E-state index in [-0.39, 0.29) is 16.5 Å². The van der Waals surface area contributed by atoms with E-state index in [0.29, 0.717) is 11.4 Å². The zero-order chi connectivity index (χ0) is 13.3. The fourth-order valence-corrected chi connectivity index (χ4v) is 2.45. The number of hydrogen-bond donors (Lipinski definition) is 0. The number of aromatic nitrogens is 1. The van der Waals surface area contributed by atoms with Gasteiger partial charge >= 0.3 is 6.18 Å². The van der Waals surface area contributed by atoms with Gasteiger partial charge in [-0.2, -0.15) is 18.4 Å². The van der Waals surface area contributed by atoms with Crippen LogP contribution >= 0.6 is 11.8 Å². The number of rotatable bonds is 3. The molecule has 0 N–H and O–H groups in total. The summed E-state index contributed by atoms with van der Waals surface area (Å²) >= 11 is 1.18. The van der Waals surface area contributed by atoms with Gasteiger partial charge in [0.1, 0.15) is 11.1 Å². The van der Waals surface area contributed by atoms with E-state index < -0.39 is 11.7 Å². The summed E-state index contributed by atoms with van der Waals surface area (Å²) in [4.78, 5) is 4.21. The Morgan fingerprint density at radius 2 is 2.17 bits per heavy atom. The number of thioether (sulfide) groups is 1. The number of halogens is 3. The van der Waals surface area contributed by atoms with E-state index in [1.165, 1.54) is 11.8 Å². The Bertz CT molecular complexity index is 501. The van der Waals surface area contributed by atoms with Crippen molar-refractivity contribution in [2.24, 2.45) is 0 Å². The number of hydrogen-bond acceptors (Lipinski definition) is 3. The molecule has 2 rings (SSSR count). The van der Waals surface area contributed by atoms with Crippen LogP contribution < -0.4 is 0 Å². The highest BCUT2D eigenvalue weighted by atomic mass is 32.2. The van der Waals surface area contributed by atoms with Crippen LogP contribution in [0.15, 0.2) is 11.1 Å². The standard InChI is InChI=1S/C12H11F3N2S/c1-2-18-11-8(6-16)9(12(13,14)15)5-10(17-11)7-3-4-7/h5,7H,2-4H2,1H3. The van der Waals surface area contributed by atoms with Crippen LogP contribution in [0.3, 0.4) is 0 Å². The molecular weight excluding hydrogens is 261 g/mol. The molecule has 0 saturated heterocycles. The zero-order valence-corrected chi connectivity index (χ0v) is 10.5. The van der Waals surface area contributed by atoms with Crippen LogP contribution in [0.25, 0.3) is 0 Å².